The largest absolute Gasteiger partial charge is 0.378 e. The molecule has 1 amide bonds. The molecule has 1 saturated heterocycles. The van der Waals surface area contributed by atoms with Gasteiger partial charge in [-0.05, 0) is 62.0 Å². The molecule has 1 aromatic heterocycles. The topological polar surface area (TPSA) is 42.4 Å². The smallest absolute Gasteiger partial charge is 0.272 e. The summed E-state index contributed by atoms with van der Waals surface area (Å²) in [5.41, 5.74) is 1.40. The normalized spacial score (nSPS) is 32.0. The third kappa shape index (κ3) is 4.82. The van der Waals surface area contributed by atoms with E-state index in [1.54, 1.807) is 6.07 Å². The fourth-order valence-electron chi connectivity index (χ4n) is 6.17. The fraction of sp³-hybridized carbons (Fsp3) is 0.760. The minimum Gasteiger partial charge on any atom is -0.378 e. The van der Waals surface area contributed by atoms with Crippen molar-refractivity contribution in [1.29, 1.82) is 0 Å². The Morgan fingerprint density at radius 1 is 1.31 bits per heavy atom. The molecule has 0 unspecified atom stereocenters. The van der Waals surface area contributed by atoms with E-state index < -0.39 is 12.1 Å². The Kier molecular flexibility index (Phi) is 6.85. The first-order chi connectivity index (χ1) is 15.2. The van der Waals surface area contributed by atoms with Crippen LogP contribution in [0.15, 0.2) is 12.3 Å². The first kappa shape index (κ1) is 23.5. The third-order valence-electron chi connectivity index (χ3n) is 7.72. The molecule has 7 heteroatoms. The molecule has 2 saturated carbocycles. The van der Waals surface area contributed by atoms with Crippen LogP contribution >= 0.6 is 0 Å². The molecule has 0 spiro atoms. The van der Waals surface area contributed by atoms with E-state index in [1.165, 1.54) is 6.20 Å². The molecule has 0 bridgehead atoms. The Hall–Kier alpha value is -1.63. The summed E-state index contributed by atoms with van der Waals surface area (Å²) >= 11 is 0. The third-order valence-corrected chi connectivity index (χ3v) is 7.72. The van der Waals surface area contributed by atoms with Crippen LogP contribution in [0.2, 0.25) is 0 Å². The zero-order valence-corrected chi connectivity index (χ0v) is 19.2. The molecule has 2 aliphatic carbocycles. The number of carbonyl (C=O) groups excluding carboxylic acids is 1. The lowest BCUT2D eigenvalue weighted by molar-refractivity contribution is -0.144. The molecule has 3 heterocycles. The van der Waals surface area contributed by atoms with E-state index in [1.807, 2.05) is 4.90 Å². The van der Waals surface area contributed by atoms with Crippen LogP contribution in [0.25, 0.3) is 0 Å². The number of carbonyl (C=O) groups is 1. The molecule has 4 aliphatic rings. The number of halogens is 3. The molecule has 0 N–H and O–H groups in total. The molecule has 4 atom stereocenters. The zero-order valence-electron chi connectivity index (χ0n) is 19.2. The predicted octanol–water partition coefficient (Wildman–Crippen LogP) is 5.43. The Bertz CT molecular complexity index is 822. The Morgan fingerprint density at radius 2 is 2.12 bits per heavy atom. The molecular formula is C25H35F3N2O2. The van der Waals surface area contributed by atoms with Gasteiger partial charge in [0.2, 0.25) is 5.91 Å². The van der Waals surface area contributed by atoms with Crippen molar-refractivity contribution in [2.45, 2.75) is 83.9 Å². The van der Waals surface area contributed by atoms with Crippen LogP contribution < -0.4 is 0 Å². The van der Waals surface area contributed by atoms with E-state index in [0.717, 1.165) is 63.3 Å². The summed E-state index contributed by atoms with van der Waals surface area (Å²) in [5.74, 6) is -1.51. The number of amides is 1. The molecule has 3 fully saturated rings. The lowest BCUT2D eigenvalue weighted by Crippen LogP contribution is -2.46. The van der Waals surface area contributed by atoms with Crippen molar-refractivity contribution in [3.63, 3.8) is 0 Å². The molecule has 4 nitrogen and oxygen atoms in total. The van der Waals surface area contributed by atoms with Gasteiger partial charge >= 0.3 is 0 Å². The number of alkyl halides is 3. The highest BCUT2D eigenvalue weighted by Gasteiger charge is 2.55. The van der Waals surface area contributed by atoms with E-state index in [4.69, 9.17) is 4.74 Å². The van der Waals surface area contributed by atoms with Crippen LogP contribution in [0, 0.1) is 17.3 Å². The maximum absolute atomic E-state index is 13.6. The van der Waals surface area contributed by atoms with Gasteiger partial charge in [-0.15, -0.1) is 0 Å². The Balaban J connectivity index is 0.000000300. The van der Waals surface area contributed by atoms with Gasteiger partial charge in [-0.25, -0.2) is 13.2 Å². The summed E-state index contributed by atoms with van der Waals surface area (Å²) in [4.78, 5) is 19.5. The first-order valence-corrected chi connectivity index (χ1v) is 12.1. The van der Waals surface area contributed by atoms with E-state index in [-0.39, 0.29) is 16.9 Å². The van der Waals surface area contributed by atoms with Crippen molar-refractivity contribution >= 4 is 5.91 Å². The monoisotopic (exact) mass is 452 g/mol. The summed E-state index contributed by atoms with van der Waals surface area (Å²) in [5, 5.41) is 0. The summed E-state index contributed by atoms with van der Waals surface area (Å²) in [7, 11) is 0. The number of hydrogen-bond donors (Lipinski definition) is 0. The molecule has 0 radical (unpaired) electrons. The highest BCUT2D eigenvalue weighted by Crippen LogP contribution is 2.57. The van der Waals surface area contributed by atoms with E-state index in [2.05, 4.69) is 11.9 Å². The highest BCUT2D eigenvalue weighted by atomic mass is 19.3. The van der Waals surface area contributed by atoms with Gasteiger partial charge in [-0.1, -0.05) is 13.3 Å². The standard InChI is InChI=1S/C20H26F2N2O.C5H9FO/c1-13-8-15-4-3-6-20(15,10-13)18(25)24-7-5-17-14(12-24)9-16(11-23-17)19(2,21)22;6-5-2-1-3-7-4-5/h9,11,13,15H,3-8,10,12H2,1-2H3;5H,1-4H2/t13-,15-,20-;5-/m11/s1. The second-order valence-electron chi connectivity index (χ2n) is 10.3. The van der Waals surface area contributed by atoms with Gasteiger partial charge in [0.05, 0.1) is 12.0 Å². The van der Waals surface area contributed by atoms with Gasteiger partial charge < -0.3 is 9.64 Å². The van der Waals surface area contributed by atoms with Crippen molar-refractivity contribution in [3.05, 3.63) is 29.1 Å². The molecule has 5 rings (SSSR count). The molecule has 1 aromatic rings. The maximum Gasteiger partial charge on any atom is 0.272 e. The summed E-state index contributed by atoms with van der Waals surface area (Å²) in [6.07, 6.45) is 8.28. The van der Waals surface area contributed by atoms with Crippen molar-refractivity contribution in [2.75, 3.05) is 19.8 Å². The zero-order chi connectivity index (χ0) is 22.9. The minimum absolute atomic E-state index is 0.0630. The first-order valence-electron chi connectivity index (χ1n) is 12.1. The number of aromatic nitrogens is 1. The lowest BCUT2D eigenvalue weighted by Gasteiger charge is -2.37. The number of nitrogens with zero attached hydrogens (tertiary/aromatic N) is 2. The number of hydrogen-bond acceptors (Lipinski definition) is 3. The van der Waals surface area contributed by atoms with Crippen molar-refractivity contribution in [3.8, 4) is 0 Å². The van der Waals surface area contributed by atoms with Gasteiger partial charge in [0.1, 0.15) is 6.17 Å². The van der Waals surface area contributed by atoms with Crippen LogP contribution in [0.5, 0.6) is 0 Å². The average molecular weight is 453 g/mol. The molecule has 0 aromatic carbocycles. The molecule has 32 heavy (non-hydrogen) atoms. The highest BCUT2D eigenvalue weighted by molar-refractivity contribution is 5.84. The van der Waals surface area contributed by atoms with Gasteiger partial charge in [0.15, 0.2) is 0 Å². The van der Waals surface area contributed by atoms with Crippen LogP contribution in [0.1, 0.15) is 75.6 Å². The Labute approximate surface area is 188 Å². The molecule has 2 aliphatic heterocycles. The van der Waals surface area contributed by atoms with Gasteiger partial charge in [0, 0.05) is 50.5 Å². The van der Waals surface area contributed by atoms with Crippen molar-refractivity contribution in [1.82, 2.24) is 9.88 Å². The summed E-state index contributed by atoms with van der Waals surface area (Å²) in [6.45, 7) is 5.29. The molecular weight excluding hydrogens is 417 g/mol. The average Bonchev–Trinajstić information content (AvgIpc) is 3.29. The quantitative estimate of drug-likeness (QED) is 0.601. The summed E-state index contributed by atoms with van der Waals surface area (Å²) < 4.78 is 44.1. The van der Waals surface area contributed by atoms with Crippen molar-refractivity contribution in [2.24, 2.45) is 17.3 Å². The predicted molar refractivity (Wildman–Crippen MR) is 116 cm³/mol. The number of ether oxygens (including phenoxy) is 1. The second-order valence-corrected chi connectivity index (χ2v) is 10.3. The van der Waals surface area contributed by atoms with E-state index in [9.17, 15) is 18.0 Å². The van der Waals surface area contributed by atoms with Crippen LogP contribution in [-0.4, -0.2) is 41.7 Å². The Morgan fingerprint density at radius 3 is 2.78 bits per heavy atom. The maximum atomic E-state index is 13.6. The van der Waals surface area contributed by atoms with Gasteiger partial charge in [-0.3, -0.25) is 9.78 Å². The van der Waals surface area contributed by atoms with E-state index >= 15 is 0 Å². The number of rotatable bonds is 2. The van der Waals surface area contributed by atoms with Crippen LogP contribution in [-0.2, 0) is 28.4 Å². The second kappa shape index (κ2) is 9.32. The van der Waals surface area contributed by atoms with Gasteiger partial charge in [0.25, 0.3) is 5.92 Å². The number of pyridine rings is 1. The van der Waals surface area contributed by atoms with Crippen LogP contribution in [0.4, 0.5) is 13.2 Å². The van der Waals surface area contributed by atoms with Crippen LogP contribution in [0.3, 0.4) is 0 Å². The summed E-state index contributed by atoms with van der Waals surface area (Å²) in [6, 6.07) is 1.54. The fourth-order valence-corrected chi connectivity index (χ4v) is 6.17. The van der Waals surface area contributed by atoms with E-state index in [0.29, 0.717) is 44.4 Å². The minimum atomic E-state index is -2.90. The number of fused-ring (bicyclic) bond motifs is 2. The molecule has 178 valence electrons. The SMILES string of the molecule is C[C@@H]1C[C@H]2CCC[C@@]2(C(=O)N2CCc3ncc(C(C)(F)F)cc3C2)C1.F[C@@H]1CCCOC1. The lowest BCUT2D eigenvalue weighted by atomic mass is 9.78. The van der Waals surface area contributed by atoms with Crippen molar-refractivity contribution < 1.29 is 22.7 Å². The van der Waals surface area contributed by atoms with Gasteiger partial charge in [-0.2, -0.15) is 0 Å².